The Morgan fingerprint density at radius 3 is 2.48 bits per heavy atom. The third-order valence-electron chi connectivity index (χ3n) is 5.58. The number of nitrogens with zero attached hydrogens (tertiary/aromatic N) is 2. The first-order valence-corrected chi connectivity index (χ1v) is 9.50. The molecule has 1 aromatic rings. The minimum absolute atomic E-state index is 0.621. The zero-order valence-corrected chi connectivity index (χ0v) is 15.2. The molecule has 0 bridgehead atoms. The van der Waals surface area contributed by atoms with Gasteiger partial charge in [-0.25, -0.2) is 0 Å². The highest BCUT2D eigenvalue weighted by atomic mass is 35.5. The van der Waals surface area contributed by atoms with E-state index in [-0.39, 0.29) is 0 Å². The number of hydrogen-bond donors (Lipinski definition) is 1. The second-order valence-corrected chi connectivity index (χ2v) is 7.54. The standard InChI is InChI=1S/C19H30ClN3/c1-3-22-14-19(12-16-4-6-17(20)7-5-16)23(13-15(22)2)18-8-10-21-11-9-18/h4-7,15,18-19,21H,3,8-14H2,1-2H3/t15-,19-/m0/s1. The normalized spacial score (nSPS) is 28.1. The van der Waals surface area contributed by atoms with Crippen LogP contribution in [0.3, 0.4) is 0 Å². The average Bonchev–Trinajstić information content (AvgIpc) is 2.59. The summed E-state index contributed by atoms with van der Waals surface area (Å²) < 4.78 is 0. The lowest BCUT2D eigenvalue weighted by molar-refractivity contribution is 0.00177. The van der Waals surface area contributed by atoms with Crippen LogP contribution in [0.1, 0.15) is 32.3 Å². The summed E-state index contributed by atoms with van der Waals surface area (Å²) in [4.78, 5) is 5.45. The Kier molecular flexibility index (Phi) is 5.97. The van der Waals surface area contributed by atoms with Gasteiger partial charge in [0.15, 0.2) is 0 Å². The largest absolute Gasteiger partial charge is 0.317 e. The van der Waals surface area contributed by atoms with Gasteiger partial charge in [0.1, 0.15) is 0 Å². The van der Waals surface area contributed by atoms with Crippen molar-refractivity contribution in [1.29, 1.82) is 0 Å². The van der Waals surface area contributed by atoms with Crippen molar-refractivity contribution in [2.75, 3.05) is 32.7 Å². The highest BCUT2D eigenvalue weighted by molar-refractivity contribution is 6.30. The van der Waals surface area contributed by atoms with E-state index >= 15 is 0 Å². The Balaban J connectivity index is 1.74. The van der Waals surface area contributed by atoms with E-state index in [1.54, 1.807) is 0 Å². The van der Waals surface area contributed by atoms with Crippen molar-refractivity contribution in [3.63, 3.8) is 0 Å². The number of halogens is 1. The maximum absolute atomic E-state index is 6.04. The van der Waals surface area contributed by atoms with Gasteiger partial charge in [0.05, 0.1) is 0 Å². The van der Waals surface area contributed by atoms with E-state index in [2.05, 4.69) is 41.1 Å². The number of likely N-dealkylation sites (N-methyl/N-ethyl adjacent to an activating group) is 1. The summed E-state index contributed by atoms with van der Waals surface area (Å²) in [5.41, 5.74) is 1.41. The van der Waals surface area contributed by atoms with Gasteiger partial charge in [0, 0.05) is 36.2 Å². The maximum atomic E-state index is 6.04. The molecule has 0 unspecified atom stereocenters. The highest BCUT2D eigenvalue weighted by Crippen LogP contribution is 2.25. The Hall–Kier alpha value is -0.610. The van der Waals surface area contributed by atoms with E-state index in [9.17, 15) is 0 Å². The SMILES string of the molecule is CCN1C[C@H](Cc2ccc(Cl)cc2)N(C2CCNCC2)C[C@@H]1C. The van der Waals surface area contributed by atoms with Gasteiger partial charge in [-0.2, -0.15) is 0 Å². The summed E-state index contributed by atoms with van der Waals surface area (Å²) in [7, 11) is 0. The fraction of sp³-hybridized carbons (Fsp3) is 0.684. The van der Waals surface area contributed by atoms with Crippen molar-refractivity contribution < 1.29 is 0 Å². The Morgan fingerprint density at radius 1 is 1.13 bits per heavy atom. The van der Waals surface area contributed by atoms with E-state index in [0.29, 0.717) is 12.1 Å². The third-order valence-corrected chi connectivity index (χ3v) is 5.83. The van der Waals surface area contributed by atoms with Crippen molar-refractivity contribution >= 4 is 11.6 Å². The molecule has 0 amide bonds. The molecule has 2 aliphatic rings. The fourth-order valence-corrected chi connectivity index (χ4v) is 4.35. The minimum Gasteiger partial charge on any atom is -0.317 e. The van der Waals surface area contributed by atoms with Crippen LogP contribution in [0.5, 0.6) is 0 Å². The second-order valence-electron chi connectivity index (χ2n) is 7.10. The van der Waals surface area contributed by atoms with E-state index in [0.717, 1.165) is 24.0 Å². The minimum atomic E-state index is 0.621. The molecule has 128 valence electrons. The molecule has 4 heteroatoms. The summed E-state index contributed by atoms with van der Waals surface area (Å²) in [6.45, 7) is 10.5. The molecule has 3 rings (SSSR count). The molecule has 2 heterocycles. The molecule has 0 aliphatic carbocycles. The molecule has 2 aliphatic heterocycles. The van der Waals surface area contributed by atoms with E-state index in [1.165, 1.54) is 44.6 Å². The fourth-order valence-electron chi connectivity index (χ4n) is 4.23. The lowest BCUT2D eigenvalue weighted by Crippen LogP contribution is -2.61. The number of hydrogen-bond acceptors (Lipinski definition) is 3. The van der Waals surface area contributed by atoms with Gasteiger partial charge in [0.2, 0.25) is 0 Å². The van der Waals surface area contributed by atoms with Crippen molar-refractivity contribution in [3.8, 4) is 0 Å². The second kappa shape index (κ2) is 7.98. The molecule has 1 N–H and O–H groups in total. The summed E-state index contributed by atoms with van der Waals surface area (Å²) in [6.07, 6.45) is 3.70. The summed E-state index contributed by atoms with van der Waals surface area (Å²) in [5.74, 6) is 0. The van der Waals surface area contributed by atoms with Gasteiger partial charge in [0.25, 0.3) is 0 Å². The van der Waals surface area contributed by atoms with Crippen LogP contribution in [0.15, 0.2) is 24.3 Å². The van der Waals surface area contributed by atoms with Crippen LogP contribution < -0.4 is 5.32 Å². The van der Waals surface area contributed by atoms with Crippen LogP contribution in [0.4, 0.5) is 0 Å². The molecular formula is C19H30ClN3. The van der Waals surface area contributed by atoms with E-state index in [1.807, 2.05) is 12.1 Å². The molecule has 0 saturated carbocycles. The van der Waals surface area contributed by atoms with Crippen molar-refractivity contribution in [2.45, 2.75) is 51.2 Å². The number of nitrogens with one attached hydrogen (secondary N) is 1. The van der Waals surface area contributed by atoms with Gasteiger partial charge >= 0.3 is 0 Å². The van der Waals surface area contributed by atoms with Crippen molar-refractivity contribution in [3.05, 3.63) is 34.9 Å². The molecule has 1 aromatic carbocycles. The van der Waals surface area contributed by atoms with Crippen LogP contribution in [0.25, 0.3) is 0 Å². The quantitative estimate of drug-likeness (QED) is 0.912. The Labute approximate surface area is 146 Å². The van der Waals surface area contributed by atoms with Crippen LogP contribution >= 0.6 is 11.6 Å². The molecule has 23 heavy (non-hydrogen) atoms. The Bertz CT molecular complexity index is 484. The van der Waals surface area contributed by atoms with Crippen LogP contribution in [0, 0.1) is 0 Å². The monoisotopic (exact) mass is 335 g/mol. The van der Waals surface area contributed by atoms with E-state index in [4.69, 9.17) is 11.6 Å². The smallest absolute Gasteiger partial charge is 0.0406 e. The molecule has 0 aromatic heterocycles. The number of piperidine rings is 1. The van der Waals surface area contributed by atoms with Crippen LogP contribution in [-0.4, -0.2) is 60.6 Å². The molecule has 0 spiro atoms. The Morgan fingerprint density at radius 2 is 1.83 bits per heavy atom. The number of rotatable bonds is 4. The summed E-state index contributed by atoms with van der Waals surface area (Å²) >= 11 is 6.04. The predicted molar refractivity (Wildman–Crippen MR) is 98.3 cm³/mol. The lowest BCUT2D eigenvalue weighted by Gasteiger charge is -2.49. The molecule has 2 fully saturated rings. The van der Waals surface area contributed by atoms with Gasteiger partial charge in [-0.1, -0.05) is 30.7 Å². The molecule has 2 atom stereocenters. The van der Waals surface area contributed by atoms with Gasteiger partial charge in [-0.3, -0.25) is 9.80 Å². The predicted octanol–water partition coefficient (Wildman–Crippen LogP) is 3.03. The van der Waals surface area contributed by atoms with Gasteiger partial charge in [-0.15, -0.1) is 0 Å². The van der Waals surface area contributed by atoms with Crippen LogP contribution in [-0.2, 0) is 6.42 Å². The molecule has 0 radical (unpaired) electrons. The zero-order chi connectivity index (χ0) is 16.2. The first kappa shape index (κ1) is 17.2. The van der Waals surface area contributed by atoms with Gasteiger partial charge < -0.3 is 5.32 Å². The average molecular weight is 336 g/mol. The third kappa shape index (κ3) is 4.27. The zero-order valence-electron chi connectivity index (χ0n) is 14.5. The number of benzene rings is 1. The topological polar surface area (TPSA) is 18.5 Å². The van der Waals surface area contributed by atoms with E-state index < -0.39 is 0 Å². The number of piperazine rings is 1. The lowest BCUT2D eigenvalue weighted by atomic mass is 9.94. The molecular weight excluding hydrogens is 306 g/mol. The molecule has 2 saturated heterocycles. The van der Waals surface area contributed by atoms with Crippen LogP contribution in [0.2, 0.25) is 5.02 Å². The van der Waals surface area contributed by atoms with Crippen molar-refractivity contribution in [1.82, 2.24) is 15.1 Å². The van der Waals surface area contributed by atoms with Crippen molar-refractivity contribution in [2.24, 2.45) is 0 Å². The summed E-state index contributed by atoms with van der Waals surface area (Å²) in [6, 6.07) is 10.5. The first-order valence-electron chi connectivity index (χ1n) is 9.12. The summed E-state index contributed by atoms with van der Waals surface area (Å²) in [5, 5.41) is 4.33. The molecule has 3 nitrogen and oxygen atoms in total. The highest BCUT2D eigenvalue weighted by Gasteiger charge is 2.35. The first-order chi connectivity index (χ1) is 11.2. The maximum Gasteiger partial charge on any atom is 0.0406 e. The van der Waals surface area contributed by atoms with Gasteiger partial charge in [-0.05, 0) is 63.5 Å².